The second-order valence-electron chi connectivity index (χ2n) is 10.4. The van der Waals surface area contributed by atoms with E-state index in [1.165, 1.54) is 23.6 Å². The maximum absolute atomic E-state index is 5.58. The van der Waals surface area contributed by atoms with E-state index in [1.54, 1.807) is 24.7 Å². The first-order chi connectivity index (χ1) is 13.3. The lowest BCUT2D eigenvalue weighted by molar-refractivity contribution is 0.0885. The monoisotopic (exact) mass is 354 g/mol. The quantitative estimate of drug-likeness (QED) is 0.468. The fourth-order valence-corrected chi connectivity index (χ4v) is 9.70. The second kappa shape index (κ2) is 4.45. The number of hydrogen-bond donors (Lipinski definition) is 0. The Morgan fingerprint density at radius 2 is 1.52 bits per heavy atom. The third-order valence-corrected chi connectivity index (χ3v) is 10.1. The largest absolute Gasteiger partial charge is 0.497 e. The van der Waals surface area contributed by atoms with Crippen LogP contribution in [0.25, 0.3) is 10.8 Å². The molecule has 10 unspecified atom stereocenters. The highest BCUT2D eigenvalue weighted by molar-refractivity contribution is 5.90. The minimum absolute atomic E-state index is 0.824. The molecule has 0 radical (unpaired) electrons. The van der Waals surface area contributed by atoms with Gasteiger partial charge in [0, 0.05) is 0 Å². The van der Waals surface area contributed by atoms with Crippen LogP contribution in [-0.4, -0.2) is 7.11 Å². The molecule has 27 heavy (non-hydrogen) atoms. The molecule has 10 atom stereocenters. The normalized spacial score (nSPS) is 49.1. The Balaban J connectivity index is 1.31. The summed E-state index contributed by atoms with van der Waals surface area (Å²) in [6, 6.07) is 11.6. The number of hydrogen-bond acceptors (Lipinski definition) is 1. The highest BCUT2D eigenvalue weighted by Gasteiger charge is 2.70. The molecule has 0 N–H and O–H groups in total. The second-order valence-corrected chi connectivity index (χ2v) is 10.4. The van der Waals surface area contributed by atoms with E-state index in [0.717, 1.165) is 64.9 Å². The summed E-state index contributed by atoms with van der Waals surface area (Å²) in [6.07, 6.45) is 9.69. The van der Waals surface area contributed by atoms with Gasteiger partial charge >= 0.3 is 0 Å². The number of ether oxygens (including phenoxy) is 1. The SMILES string of the molecule is COc1ccc2ccc3c(c2c1)C1CC3C2C3CC(C4C5C=CC(C5)C34)C12. The number of rotatable bonds is 1. The van der Waals surface area contributed by atoms with E-state index in [1.807, 2.05) is 0 Å². The van der Waals surface area contributed by atoms with E-state index in [-0.39, 0.29) is 0 Å². The zero-order chi connectivity index (χ0) is 17.4. The molecule has 1 nitrogen and oxygen atoms in total. The van der Waals surface area contributed by atoms with Crippen molar-refractivity contribution < 1.29 is 4.74 Å². The standard InChI is InChI=1S/C26H26O/c1-27-15-6-4-12-5-7-16-18-10-21(24(16)17(12)9-15)26-20-11-19(25(18)26)22-13-2-3-14(8-13)23(20)22/h2-7,9,13-14,18-23,25-26H,8,10-11H2,1H3. The van der Waals surface area contributed by atoms with E-state index in [4.69, 9.17) is 4.74 Å². The van der Waals surface area contributed by atoms with Crippen molar-refractivity contribution in [1.29, 1.82) is 0 Å². The molecule has 6 aliphatic carbocycles. The fourth-order valence-electron chi connectivity index (χ4n) is 9.70. The molecule has 6 bridgehead atoms. The molecular formula is C26H26O. The summed E-state index contributed by atoms with van der Waals surface area (Å²) in [4.78, 5) is 0. The summed E-state index contributed by atoms with van der Waals surface area (Å²) >= 11 is 0. The zero-order valence-electron chi connectivity index (χ0n) is 15.8. The summed E-state index contributed by atoms with van der Waals surface area (Å²) in [5, 5.41) is 2.90. The van der Waals surface area contributed by atoms with E-state index >= 15 is 0 Å². The van der Waals surface area contributed by atoms with Crippen molar-refractivity contribution in [2.45, 2.75) is 31.1 Å². The van der Waals surface area contributed by atoms with Gasteiger partial charge in [-0.3, -0.25) is 0 Å². The minimum Gasteiger partial charge on any atom is -0.497 e. The highest BCUT2D eigenvalue weighted by atomic mass is 16.5. The number of fused-ring (bicyclic) bond motifs is 21. The minimum atomic E-state index is 0.824. The Morgan fingerprint density at radius 1 is 0.778 bits per heavy atom. The van der Waals surface area contributed by atoms with Crippen LogP contribution in [0, 0.1) is 47.3 Å². The Labute approximate surface area is 160 Å². The van der Waals surface area contributed by atoms with Gasteiger partial charge < -0.3 is 4.74 Å². The molecule has 0 aliphatic heterocycles. The fraction of sp³-hybridized carbons (Fsp3) is 0.538. The third kappa shape index (κ3) is 1.44. The Hall–Kier alpha value is -1.76. The molecule has 4 fully saturated rings. The van der Waals surface area contributed by atoms with Crippen molar-refractivity contribution in [3.63, 3.8) is 0 Å². The first-order valence-corrected chi connectivity index (χ1v) is 11.1. The van der Waals surface area contributed by atoms with Gasteiger partial charge in [0.15, 0.2) is 0 Å². The molecule has 1 heteroatoms. The number of benzene rings is 2. The molecule has 8 rings (SSSR count). The van der Waals surface area contributed by atoms with Gasteiger partial charge in [-0.25, -0.2) is 0 Å². The van der Waals surface area contributed by atoms with Crippen LogP contribution in [0.3, 0.4) is 0 Å². The van der Waals surface area contributed by atoms with Crippen molar-refractivity contribution in [3.05, 3.63) is 53.6 Å². The Kier molecular flexibility index (Phi) is 2.35. The molecule has 0 amide bonds. The molecule has 0 spiro atoms. The van der Waals surface area contributed by atoms with Crippen LogP contribution in [0.15, 0.2) is 42.5 Å². The topological polar surface area (TPSA) is 9.23 Å². The van der Waals surface area contributed by atoms with Crippen LogP contribution in [0.2, 0.25) is 0 Å². The predicted octanol–water partition coefficient (Wildman–Crippen LogP) is 5.75. The third-order valence-electron chi connectivity index (χ3n) is 10.1. The first-order valence-electron chi connectivity index (χ1n) is 11.1. The van der Waals surface area contributed by atoms with Gasteiger partial charge in [0.1, 0.15) is 5.75 Å². The lowest BCUT2D eigenvalue weighted by atomic mass is 9.60. The molecule has 4 saturated carbocycles. The first kappa shape index (κ1) is 14.3. The van der Waals surface area contributed by atoms with Crippen LogP contribution >= 0.6 is 0 Å². The Morgan fingerprint density at radius 3 is 2.30 bits per heavy atom. The predicted molar refractivity (Wildman–Crippen MR) is 107 cm³/mol. The molecule has 0 heterocycles. The van der Waals surface area contributed by atoms with Crippen molar-refractivity contribution in [2.24, 2.45) is 47.3 Å². The maximum Gasteiger partial charge on any atom is 0.119 e. The van der Waals surface area contributed by atoms with Gasteiger partial charge in [0.25, 0.3) is 0 Å². The molecule has 2 aromatic carbocycles. The van der Waals surface area contributed by atoms with Gasteiger partial charge in [-0.1, -0.05) is 30.4 Å². The van der Waals surface area contributed by atoms with Crippen molar-refractivity contribution >= 4 is 10.8 Å². The van der Waals surface area contributed by atoms with Crippen molar-refractivity contribution in [3.8, 4) is 5.75 Å². The van der Waals surface area contributed by atoms with Crippen LogP contribution < -0.4 is 4.74 Å². The van der Waals surface area contributed by atoms with E-state index < -0.39 is 0 Å². The average molecular weight is 354 g/mol. The smallest absolute Gasteiger partial charge is 0.119 e. The van der Waals surface area contributed by atoms with Gasteiger partial charge in [0.05, 0.1) is 7.11 Å². The van der Waals surface area contributed by atoms with E-state index in [9.17, 15) is 0 Å². The summed E-state index contributed by atoms with van der Waals surface area (Å²) in [5.41, 5.74) is 3.44. The van der Waals surface area contributed by atoms with E-state index in [0.29, 0.717) is 0 Å². The zero-order valence-corrected chi connectivity index (χ0v) is 15.8. The van der Waals surface area contributed by atoms with Crippen LogP contribution in [0.1, 0.15) is 42.2 Å². The summed E-state index contributed by atoms with van der Waals surface area (Å²) in [5.74, 6) is 10.7. The van der Waals surface area contributed by atoms with Crippen LogP contribution in [0.4, 0.5) is 0 Å². The highest BCUT2D eigenvalue weighted by Crippen LogP contribution is 2.78. The lowest BCUT2D eigenvalue weighted by Crippen LogP contribution is -2.39. The van der Waals surface area contributed by atoms with Gasteiger partial charge in [-0.15, -0.1) is 0 Å². The molecule has 136 valence electrons. The van der Waals surface area contributed by atoms with Gasteiger partial charge in [0.2, 0.25) is 0 Å². The summed E-state index contributed by atoms with van der Waals surface area (Å²) in [7, 11) is 1.80. The summed E-state index contributed by atoms with van der Waals surface area (Å²) in [6.45, 7) is 0. The molecule has 2 aromatic rings. The van der Waals surface area contributed by atoms with E-state index in [2.05, 4.69) is 42.5 Å². The lowest BCUT2D eigenvalue weighted by Gasteiger charge is -2.44. The Bertz CT molecular complexity index is 1030. The van der Waals surface area contributed by atoms with Gasteiger partial charge in [-0.05, 0) is 112 Å². The van der Waals surface area contributed by atoms with Gasteiger partial charge in [-0.2, -0.15) is 0 Å². The number of allylic oxidation sites excluding steroid dienone is 2. The average Bonchev–Trinajstić information content (AvgIpc) is 3.51. The molecule has 0 saturated heterocycles. The van der Waals surface area contributed by atoms with Crippen molar-refractivity contribution in [2.75, 3.05) is 7.11 Å². The van der Waals surface area contributed by atoms with Crippen LogP contribution in [0.5, 0.6) is 5.75 Å². The molecule has 6 aliphatic rings. The summed E-state index contributed by atoms with van der Waals surface area (Å²) < 4.78 is 5.58. The molecular weight excluding hydrogens is 328 g/mol. The maximum atomic E-state index is 5.58. The number of methoxy groups -OCH3 is 1. The van der Waals surface area contributed by atoms with Crippen molar-refractivity contribution in [1.82, 2.24) is 0 Å². The van der Waals surface area contributed by atoms with Crippen LogP contribution in [-0.2, 0) is 0 Å². The molecule has 0 aromatic heterocycles.